The van der Waals surface area contributed by atoms with E-state index in [1.54, 1.807) is 12.1 Å². The van der Waals surface area contributed by atoms with E-state index in [1.165, 1.54) is 4.31 Å². The van der Waals surface area contributed by atoms with Crippen LogP contribution in [0.3, 0.4) is 0 Å². The zero-order valence-electron chi connectivity index (χ0n) is 25.5. The summed E-state index contributed by atoms with van der Waals surface area (Å²) in [5, 5.41) is 18.9. The van der Waals surface area contributed by atoms with Gasteiger partial charge in [-0.3, -0.25) is 4.79 Å². The van der Waals surface area contributed by atoms with Crippen LogP contribution < -0.4 is 8.92 Å². The van der Waals surface area contributed by atoms with E-state index in [0.717, 1.165) is 76.9 Å². The van der Waals surface area contributed by atoms with E-state index >= 15 is 0 Å². The van der Waals surface area contributed by atoms with Gasteiger partial charge in [0, 0.05) is 31.1 Å². The number of rotatable bonds is 2. The van der Waals surface area contributed by atoms with Crippen molar-refractivity contribution in [2.45, 2.75) is 58.7 Å². The Hall–Kier alpha value is -4.00. The molecule has 236 valence electrons. The minimum Gasteiger partial charge on any atom is -0.493 e. The van der Waals surface area contributed by atoms with Crippen molar-refractivity contribution in [2.24, 2.45) is 5.92 Å². The first-order valence-corrected chi connectivity index (χ1v) is 16.8. The average Bonchev–Trinajstić information content (AvgIpc) is 3.43. The van der Waals surface area contributed by atoms with Crippen LogP contribution in [0.2, 0.25) is 0 Å². The largest absolute Gasteiger partial charge is 0.493 e. The molecule has 1 fully saturated rings. The van der Waals surface area contributed by atoms with Gasteiger partial charge in [-0.15, -0.1) is 5.10 Å². The highest BCUT2D eigenvalue weighted by atomic mass is 32.2. The minimum atomic E-state index is -4.05. The summed E-state index contributed by atoms with van der Waals surface area (Å²) in [5.74, 6) is 0.0604. The number of aryl methyl sites for hydroxylation is 2. The molecule has 1 saturated heterocycles. The van der Waals surface area contributed by atoms with Crippen molar-refractivity contribution >= 4 is 27.3 Å². The normalized spacial score (nSPS) is 24.4. The maximum Gasteiger partial charge on any atom is 0.385 e. The number of hydrogen-bond donors (Lipinski definition) is 1. The third kappa shape index (κ3) is 5.89. The maximum absolute atomic E-state index is 13.2. The monoisotopic (exact) mass is 631 g/mol. The summed E-state index contributed by atoms with van der Waals surface area (Å²) in [5.41, 5.74) is 6.66. The lowest BCUT2D eigenvalue weighted by Gasteiger charge is -2.32. The van der Waals surface area contributed by atoms with Gasteiger partial charge in [0.1, 0.15) is 17.0 Å². The quantitative estimate of drug-likeness (QED) is 0.343. The van der Waals surface area contributed by atoms with E-state index in [1.807, 2.05) is 54.9 Å². The Labute approximate surface area is 262 Å². The smallest absolute Gasteiger partial charge is 0.385 e. The lowest BCUT2D eigenvalue weighted by atomic mass is 9.84. The van der Waals surface area contributed by atoms with E-state index in [-0.39, 0.29) is 19.5 Å². The van der Waals surface area contributed by atoms with Gasteiger partial charge in [0.15, 0.2) is 0 Å². The molecule has 45 heavy (non-hydrogen) atoms. The summed E-state index contributed by atoms with van der Waals surface area (Å²) in [7, 11) is -4.05. The number of carboxylic acid groups (broad SMARTS) is 1. The summed E-state index contributed by atoms with van der Waals surface area (Å²) in [6.07, 6.45) is 1.94. The molecule has 6 aliphatic heterocycles. The molecule has 1 N–H and O–H groups in total. The second-order valence-corrected chi connectivity index (χ2v) is 14.0. The van der Waals surface area contributed by atoms with Gasteiger partial charge < -0.3 is 18.9 Å². The summed E-state index contributed by atoms with van der Waals surface area (Å²) in [6.45, 7) is 8.25. The topological polar surface area (TPSA) is 127 Å². The molecule has 0 amide bonds. The Kier molecular flexibility index (Phi) is 7.74. The molecule has 10 rings (SSSR count). The Balaban J connectivity index is 1.30. The number of carboxylic acids is 1. The second-order valence-electron chi connectivity index (χ2n) is 12.5. The molecular formula is C33H37N5O6S. The standard InChI is InChI=1S/C33H37N5O6S/c1-21-3-4-24-15-25(21)18-37-19-26-16-27(5-8-31(26)44-45(37,41)42)43-20-23-9-11-36(12-10-23)13-14-38-30-7-6-28(29(24)17-32(39)40)22(2)33(30)34-35-38/h3-8,15-16,23,29H,9-14,17-20H2,1-2H3,(H,39,40). The number of carbonyl (C=O) groups is 1. The summed E-state index contributed by atoms with van der Waals surface area (Å²) >= 11 is 0. The molecule has 0 spiro atoms. The summed E-state index contributed by atoms with van der Waals surface area (Å²) in [4.78, 5) is 14.6. The lowest BCUT2D eigenvalue weighted by Crippen LogP contribution is -2.37. The van der Waals surface area contributed by atoms with E-state index in [9.17, 15) is 18.3 Å². The van der Waals surface area contributed by atoms with Crippen LogP contribution in [0.25, 0.3) is 11.0 Å². The number of aliphatic carboxylic acids is 1. The first kappa shape index (κ1) is 29.7. The zero-order chi connectivity index (χ0) is 31.3. The molecule has 2 atom stereocenters. The van der Waals surface area contributed by atoms with Gasteiger partial charge in [-0.25, -0.2) is 4.68 Å². The molecule has 1 aromatic heterocycles. The Morgan fingerprint density at radius 2 is 1.78 bits per heavy atom. The van der Waals surface area contributed by atoms with Crippen molar-refractivity contribution in [1.29, 1.82) is 0 Å². The molecular weight excluding hydrogens is 594 g/mol. The van der Waals surface area contributed by atoms with Gasteiger partial charge in [0.05, 0.1) is 25.1 Å². The van der Waals surface area contributed by atoms with Gasteiger partial charge in [-0.2, -0.15) is 12.7 Å². The van der Waals surface area contributed by atoms with Crippen LogP contribution in [-0.4, -0.2) is 69.9 Å². The fourth-order valence-corrected chi connectivity index (χ4v) is 7.91. The van der Waals surface area contributed by atoms with Gasteiger partial charge >= 0.3 is 16.3 Å². The molecule has 11 nitrogen and oxygen atoms in total. The van der Waals surface area contributed by atoms with Crippen LogP contribution in [0.4, 0.5) is 0 Å². The van der Waals surface area contributed by atoms with Crippen molar-refractivity contribution in [2.75, 3.05) is 26.2 Å². The number of aromatic nitrogens is 3. The fourth-order valence-electron chi connectivity index (χ4n) is 6.82. The molecule has 3 aromatic carbocycles. The van der Waals surface area contributed by atoms with Crippen LogP contribution in [0.15, 0.2) is 48.5 Å². The van der Waals surface area contributed by atoms with E-state index in [4.69, 9.17) is 8.92 Å². The third-order valence-electron chi connectivity index (χ3n) is 9.57. The zero-order valence-corrected chi connectivity index (χ0v) is 26.3. The lowest BCUT2D eigenvalue weighted by molar-refractivity contribution is -0.137. The van der Waals surface area contributed by atoms with Crippen molar-refractivity contribution < 1.29 is 27.2 Å². The molecule has 0 aliphatic carbocycles. The van der Waals surface area contributed by atoms with Crippen LogP contribution in [0.5, 0.6) is 11.5 Å². The highest BCUT2D eigenvalue weighted by Crippen LogP contribution is 2.37. The molecule has 0 saturated carbocycles. The predicted molar refractivity (Wildman–Crippen MR) is 167 cm³/mol. The number of benzene rings is 3. The predicted octanol–water partition coefficient (Wildman–Crippen LogP) is 4.40. The molecule has 2 unspecified atom stereocenters. The van der Waals surface area contributed by atoms with Gasteiger partial charge in [-0.1, -0.05) is 29.5 Å². The van der Waals surface area contributed by atoms with Gasteiger partial charge in [-0.05, 0) is 97.8 Å². The Morgan fingerprint density at radius 1 is 0.978 bits per heavy atom. The van der Waals surface area contributed by atoms with E-state index in [0.29, 0.717) is 30.6 Å². The first-order chi connectivity index (χ1) is 21.6. The molecule has 7 heterocycles. The summed E-state index contributed by atoms with van der Waals surface area (Å²) < 4.78 is 41.5. The van der Waals surface area contributed by atoms with Crippen molar-refractivity contribution in [3.05, 3.63) is 81.9 Å². The van der Waals surface area contributed by atoms with Crippen molar-refractivity contribution in [3.8, 4) is 11.5 Å². The SMILES string of the molecule is Cc1ccc2cc1CN1Cc3cc(ccc3OS1(=O)=O)OCC1CCN(CC1)CCn1nnc3c(C)c(ccc31)C2CC(=O)O. The van der Waals surface area contributed by atoms with Crippen LogP contribution in [0, 0.1) is 19.8 Å². The Morgan fingerprint density at radius 3 is 2.58 bits per heavy atom. The summed E-state index contributed by atoms with van der Waals surface area (Å²) in [6, 6.07) is 15.1. The fraction of sp³-hybridized carbons (Fsp3) is 0.424. The number of hydrogen-bond acceptors (Lipinski definition) is 8. The number of ether oxygens (including phenoxy) is 1. The highest BCUT2D eigenvalue weighted by Gasteiger charge is 2.33. The molecule has 0 radical (unpaired) electrons. The van der Waals surface area contributed by atoms with E-state index in [2.05, 4.69) is 15.2 Å². The average molecular weight is 632 g/mol. The molecule has 12 heteroatoms. The molecule has 6 aliphatic rings. The van der Waals surface area contributed by atoms with Gasteiger partial charge in [0.25, 0.3) is 0 Å². The minimum absolute atomic E-state index is 0.0806. The highest BCUT2D eigenvalue weighted by molar-refractivity contribution is 7.84. The van der Waals surface area contributed by atoms with Crippen LogP contribution in [0.1, 0.15) is 58.6 Å². The van der Waals surface area contributed by atoms with Crippen LogP contribution in [-0.2, 0) is 34.7 Å². The third-order valence-corrected chi connectivity index (χ3v) is 10.9. The van der Waals surface area contributed by atoms with Crippen molar-refractivity contribution in [3.63, 3.8) is 0 Å². The number of piperidine rings is 1. The van der Waals surface area contributed by atoms with Crippen molar-refractivity contribution in [1.82, 2.24) is 24.2 Å². The second kappa shape index (κ2) is 11.7. The molecule has 4 aromatic rings. The van der Waals surface area contributed by atoms with Crippen LogP contribution >= 0.6 is 0 Å². The molecule has 11 bridgehead atoms. The number of nitrogens with zero attached hydrogens (tertiary/aromatic N) is 5. The Bertz CT molecular complexity index is 1880. The van der Waals surface area contributed by atoms with Gasteiger partial charge in [0.2, 0.25) is 0 Å². The maximum atomic E-state index is 13.2. The first-order valence-electron chi connectivity index (χ1n) is 15.5. The van der Waals surface area contributed by atoms with E-state index < -0.39 is 22.2 Å².